The minimum absolute atomic E-state index is 0.564. The predicted molar refractivity (Wildman–Crippen MR) is 47.0 cm³/mol. The monoisotopic (exact) mass is 201 g/mol. The van der Waals surface area contributed by atoms with Gasteiger partial charge in [0.1, 0.15) is 7.85 Å². The third-order valence-corrected chi connectivity index (χ3v) is 2.13. The Morgan fingerprint density at radius 3 is 2.71 bits per heavy atom. The molecule has 1 saturated heterocycles. The summed E-state index contributed by atoms with van der Waals surface area (Å²) >= 11 is 0. The molecular weight excluding hydrogens is 191 g/mol. The third kappa shape index (κ3) is 2.12. The number of hydrogen-bond donors (Lipinski definition) is 1. The number of hydrogen-bond acceptors (Lipinski definition) is 2. The van der Waals surface area contributed by atoms with E-state index < -0.39 is 30.3 Å². The Bertz CT molecular complexity index is 268. The van der Waals surface area contributed by atoms with Crippen LogP contribution in [0.15, 0.2) is 12.2 Å². The minimum Gasteiger partial charge on any atom is -0.399 e. The Morgan fingerprint density at radius 2 is 2.36 bits per heavy atom. The van der Waals surface area contributed by atoms with Crippen LogP contribution in [-0.2, 0) is 4.79 Å². The Morgan fingerprint density at radius 1 is 1.79 bits per heavy atom. The van der Waals surface area contributed by atoms with Gasteiger partial charge in [-0.2, -0.15) is 8.78 Å². The van der Waals surface area contributed by atoms with E-state index in [9.17, 15) is 13.6 Å². The van der Waals surface area contributed by atoms with Crippen LogP contribution in [0.25, 0.3) is 0 Å². The van der Waals surface area contributed by atoms with E-state index in [1.807, 2.05) is 0 Å². The van der Waals surface area contributed by atoms with Crippen molar-refractivity contribution in [1.82, 2.24) is 4.90 Å². The predicted octanol–water partition coefficient (Wildman–Crippen LogP) is -0.105. The van der Waals surface area contributed by atoms with Gasteiger partial charge in [-0.15, -0.1) is 0 Å². The van der Waals surface area contributed by atoms with Gasteiger partial charge >= 0.3 is 5.92 Å². The van der Waals surface area contributed by atoms with Crippen LogP contribution in [0.5, 0.6) is 0 Å². The third-order valence-electron chi connectivity index (χ3n) is 2.13. The fourth-order valence-corrected chi connectivity index (χ4v) is 1.33. The topological polar surface area (TPSA) is 40.5 Å². The first-order chi connectivity index (χ1) is 6.34. The molecule has 1 N–H and O–H groups in total. The molecule has 0 bridgehead atoms. The van der Waals surface area contributed by atoms with Gasteiger partial charge in [0, 0.05) is 19.5 Å². The quantitative estimate of drug-likeness (QED) is 0.500. The number of amides is 1. The number of aliphatic hydroxyl groups excluding tert-OH is 1. The van der Waals surface area contributed by atoms with E-state index in [0.29, 0.717) is 0 Å². The van der Waals surface area contributed by atoms with Gasteiger partial charge in [-0.1, -0.05) is 12.2 Å². The fourth-order valence-electron chi connectivity index (χ4n) is 1.33. The molecule has 0 saturated carbocycles. The summed E-state index contributed by atoms with van der Waals surface area (Å²) in [4.78, 5) is 11.9. The van der Waals surface area contributed by atoms with Gasteiger partial charge < -0.3 is 10.0 Å². The SMILES string of the molecule is [B][C@H](O)/C=C/[C@H]1CC(F)(F)C(=O)N1C. The first-order valence-electron chi connectivity index (χ1n) is 4.11. The first-order valence-corrected chi connectivity index (χ1v) is 4.11. The van der Waals surface area contributed by atoms with Crippen molar-refractivity contribution >= 4 is 13.8 Å². The van der Waals surface area contributed by atoms with E-state index in [1.165, 1.54) is 19.2 Å². The molecule has 14 heavy (non-hydrogen) atoms. The van der Waals surface area contributed by atoms with E-state index in [2.05, 4.69) is 0 Å². The van der Waals surface area contributed by atoms with Gasteiger partial charge in [0.15, 0.2) is 0 Å². The summed E-state index contributed by atoms with van der Waals surface area (Å²) in [5, 5.41) is 8.69. The van der Waals surface area contributed by atoms with Gasteiger partial charge in [0.05, 0.1) is 6.04 Å². The molecule has 1 amide bonds. The summed E-state index contributed by atoms with van der Waals surface area (Å²) in [7, 11) is 6.29. The molecule has 0 unspecified atom stereocenters. The van der Waals surface area contributed by atoms with Gasteiger partial charge in [-0.05, 0) is 0 Å². The zero-order valence-corrected chi connectivity index (χ0v) is 7.65. The van der Waals surface area contributed by atoms with Crippen LogP contribution in [0, 0.1) is 0 Å². The lowest BCUT2D eigenvalue weighted by atomic mass is 9.99. The summed E-state index contributed by atoms with van der Waals surface area (Å²) in [5.41, 5.74) is 0. The fraction of sp³-hybridized carbons (Fsp3) is 0.625. The number of rotatable bonds is 2. The summed E-state index contributed by atoms with van der Waals surface area (Å²) in [6, 6.07) is -1.89. The van der Waals surface area contributed by atoms with Crippen molar-refractivity contribution in [3.05, 3.63) is 12.2 Å². The van der Waals surface area contributed by atoms with E-state index in [4.69, 9.17) is 13.0 Å². The van der Waals surface area contributed by atoms with Crippen molar-refractivity contribution in [3.8, 4) is 0 Å². The molecule has 1 aliphatic rings. The molecule has 0 aromatic carbocycles. The van der Waals surface area contributed by atoms with Gasteiger partial charge in [0.2, 0.25) is 0 Å². The van der Waals surface area contributed by atoms with E-state index >= 15 is 0 Å². The van der Waals surface area contributed by atoms with Crippen molar-refractivity contribution < 1.29 is 18.7 Å². The van der Waals surface area contributed by atoms with Crippen LogP contribution in [-0.4, -0.2) is 48.8 Å². The lowest BCUT2D eigenvalue weighted by Crippen LogP contribution is -2.32. The molecule has 6 heteroatoms. The molecule has 0 aliphatic carbocycles. The number of carbonyl (C=O) groups is 1. The van der Waals surface area contributed by atoms with E-state index in [1.54, 1.807) is 0 Å². The number of halogens is 2. The molecule has 76 valence electrons. The van der Waals surface area contributed by atoms with Gasteiger partial charge in [0.25, 0.3) is 5.91 Å². The molecule has 1 rings (SSSR count). The Hall–Kier alpha value is -0.905. The van der Waals surface area contributed by atoms with Crippen LogP contribution < -0.4 is 0 Å². The average molecular weight is 201 g/mol. The standard InChI is InChI=1S/C8H10BF2NO2/c1-12-5(2-3-6(9)13)4-8(10,11)7(12)14/h2-3,5-6,13H,4H2,1H3/b3-2+/t5-,6+/m0/s1. The van der Waals surface area contributed by atoms with Crippen LogP contribution >= 0.6 is 0 Å². The molecule has 2 radical (unpaired) electrons. The molecule has 0 aromatic heterocycles. The number of aliphatic hydroxyl groups is 1. The van der Waals surface area contributed by atoms with E-state index in [0.717, 1.165) is 4.90 Å². The number of carbonyl (C=O) groups excluding carboxylic acids is 1. The molecule has 3 nitrogen and oxygen atoms in total. The zero-order chi connectivity index (χ0) is 10.9. The second-order valence-electron chi connectivity index (χ2n) is 3.27. The Kier molecular flexibility index (Phi) is 2.94. The largest absolute Gasteiger partial charge is 0.399 e. The van der Waals surface area contributed by atoms with Crippen LogP contribution in [0.1, 0.15) is 6.42 Å². The minimum atomic E-state index is -3.30. The number of likely N-dealkylation sites (N-methyl/N-ethyl adjacent to an activating group) is 1. The molecule has 1 heterocycles. The van der Waals surface area contributed by atoms with Crippen molar-refractivity contribution in [2.24, 2.45) is 0 Å². The highest BCUT2D eigenvalue weighted by molar-refractivity contribution is 6.12. The van der Waals surface area contributed by atoms with Crippen molar-refractivity contribution in [2.75, 3.05) is 7.05 Å². The maximum absolute atomic E-state index is 12.8. The highest BCUT2D eigenvalue weighted by Gasteiger charge is 2.50. The molecule has 0 spiro atoms. The maximum Gasteiger partial charge on any atom is 0.327 e. The summed E-state index contributed by atoms with van der Waals surface area (Å²) in [6.07, 6.45) is 1.92. The molecule has 2 atom stereocenters. The van der Waals surface area contributed by atoms with Gasteiger partial charge in [-0.3, -0.25) is 4.79 Å². The first kappa shape index (κ1) is 11.2. The normalized spacial score (nSPS) is 28.7. The summed E-state index contributed by atoms with van der Waals surface area (Å²) in [5.74, 6) is -4.50. The maximum atomic E-state index is 12.8. The summed E-state index contributed by atoms with van der Waals surface area (Å²) < 4.78 is 25.7. The highest BCUT2D eigenvalue weighted by Crippen LogP contribution is 2.32. The van der Waals surface area contributed by atoms with Crippen LogP contribution in [0.4, 0.5) is 8.78 Å². The molecular formula is C8H10BF2NO2. The molecule has 0 aromatic rings. The number of nitrogens with zero attached hydrogens (tertiary/aromatic N) is 1. The Balaban J connectivity index is 2.71. The van der Waals surface area contributed by atoms with Gasteiger partial charge in [-0.25, -0.2) is 0 Å². The Labute approximate surface area is 81.8 Å². The van der Waals surface area contributed by atoms with Crippen molar-refractivity contribution in [3.63, 3.8) is 0 Å². The van der Waals surface area contributed by atoms with Crippen LogP contribution in [0.3, 0.4) is 0 Å². The highest BCUT2D eigenvalue weighted by atomic mass is 19.3. The van der Waals surface area contributed by atoms with Crippen molar-refractivity contribution in [2.45, 2.75) is 24.4 Å². The molecule has 1 fully saturated rings. The lowest BCUT2D eigenvalue weighted by Gasteiger charge is -2.14. The van der Waals surface area contributed by atoms with Crippen molar-refractivity contribution in [1.29, 1.82) is 0 Å². The lowest BCUT2D eigenvalue weighted by molar-refractivity contribution is -0.146. The number of likely N-dealkylation sites (tertiary alicyclic amines) is 1. The zero-order valence-electron chi connectivity index (χ0n) is 7.65. The summed E-state index contributed by atoms with van der Waals surface area (Å²) in [6.45, 7) is 0. The van der Waals surface area contributed by atoms with Crippen LogP contribution in [0.2, 0.25) is 0 Å². The second-order valence-corrected chi connectivity index (χ2v) is 3.27. The number of alkyl halides is 2. The van der Waals surface area contributed by atoms with E-state index in [-0.39, 0.29) is 0 Å². The molecule has 1 aliphatic heterocycles. The smallest absolute Gasteiger partial charge is 0.327 e. The average Bonchev–Trinajstić information content (AvgIpc) is 2.26. The second kappa shape index (κ2) is 3.69.